The lowest BCUT2D eigenvalue weighted by molar-refractivity contribution is -0.113. The van der Waals surface area contributed by atoms with Gasteiger partial charge >= 0.3 is 0 Å². The topological polar surface area (TPSA) is 80.5 Å². The number of thiophene rings is 1. The fourth-order valence-electron chi connectivity index (χ4n) is 1.98. The van der Waals surface area contributed by atoms with Crippen molar-refractivity contribution in [3.63, 3.8) is 0 Å². The molecule has 5 nitrogen and oxygen atoms in total. The quantitative estimate of drug-likeness (QED) is 0.652. The number of carbonyl (C=O) groups is 1. The molecule has 1 amide bonds. The third-order valence-electron chi connectivity index (χ3n) is 3.03. The molecule has 1 aromatic heterocycles. The number of carbonyl (C=O) groups excluding carboxylic acids is 1. The molecule has 0 saturated carbocycles. The molecular formula is C14H10N2O3S4. The molecule has 1 aliphatic heterocycles. The van der Waals surface area contributed by atoms with Crippen LogP contribution >= 0.6 is 35.3 Å². The first-order valence-corrected chi connectivity index (χ1v) is 9.96. The highest BCUT2D eigenvalue weighted by molar-refractivity contribution is 8.27. The van der Waals surface area contributed by atoms with Crippen molar-refractivity contribution in [1.29, 1.82) is 0 Å². The van der Waals surface area contributed by atoms with Gasteiger partial charge in [-0.15, -0.1) is 11.3 Å². The maximum absolute atomic E-state index is 12.5. The minimum absolute atomic E-state index is 0.0131. The fraction of sp³-hybridized carbons (Fsp3) is 0. The SMILES string of the molecule is NS(=O)(=O)c1ccc(N2C(=O)C(=Cc3cccs3)SC2=S)cc1. The number of benzene rings is 1. The Balaban J connectivity index is 1.91. The zero-order chi connectivity index (χ0) is 16.6. The Morgan fingerprint density at radius 1 is 1.17 bits per heavy atom. The molecule has 1 aromatic carbocycles. The molecule has 0 bridgehead atoms. The van der Waals surface area contributed by atoms with Gasteiger partial charge in [-0.1, -0.05) is 30.0 Å². The van der Waals surface area contributed by atoms with Crippen LogP contribution in [0.15, 0.2) is 51.6 Å². The van der Waals surface area contributed by atoms with Crippen LogP contribution in [0.25, 0.3) is 6.08 Å². The molecule has 2 N–H and O–H groups in total. The minimum Gasteiger partial charge on any atom is -0.268 e. The van der Waals surface area contributed by atoms with E-state index in [9.17, 15) is 13.2 Å². The Morgan fingerprint density at radius 2 is 1.87 bits per heavy atom. The number of hydrogen-bond donors (Lipinski definition) is 1. The summed E-state index contributed by atoms with van der Waals surface area (Å²) >= 11 is 8.01. The van der Waals surface area contributed by atoms with E-state index in [0.717, 1.165) is 4.88 Å². The lowest BCUT2D eigenvalue weighted by Crippen LogP contribution is -2.27. The molecule has 0 spiro atoms. The average Bonchev–Trinajstić information content (AvgIpc) is 3.08. The monoisotopic (exact) mass is 382 g/mol. The Bertz CT molecular complexity index is 900. The van der Waals surface area contributed by atoms with Crippen LogP contribution in [0.4, 0.5) is 5.69 Å². The number of thiocarbonyl (C=S) groups is 1. The van der Waals surface area contributed by atoms with Gasteiger partial charge in [-0.2, -0.15) is 0 Å². The maximum atomic E-state index is 12.5. The summed E-state index contributed by atoms with van der Waals surface area (Å²) in [5.41, 5.74) is 0.509. The second-order valence-electron chi connectivity index (χ2n) is 4.57. The van der Waals surface area contributed by atoms with Crippen LogP contribution in [0, 0.1) is 0 Å². The highest BCUT2D eigenvalue weighted by Gasteiger charge is 2.33. The standard InChI is InChI=1S/C14H10N2O3S4/c15-23(18,19)11-5-3-9(4-6-11)16-13(17)12(22-14(16)20)8-10-2-1-7-21-10/h1-8H,(H2,15,18,19). The molecule has 0 aliphatic carbocycles. The van der Waals surface area contributed by atoms with Crippen LogP contribution in [-0.2, 0) is 14.8 Å². The number of nitrogens with zero attached hydrogens (tertiary/aromatic N) is 1. The van der Waals surface area contributed by atoms with Crippen LogP contribution in [0.1, 0.15) is 4.88 Å². The van der Waals surface area contributed by atoms with E-state index in [-0.39, 0.29) is 10.8 Å². The van der Waals surface area contributed by atoms with E-state index >= 15 is 0 Å². The number of thioether (sulfide) groups is 1. The van der Waals surface area contributed by atoms with E-state index in [0.29, 0.717) is 14.9 Å². The van der Waals surface area contributed by atoms with Gasteiger partial charge in [-0.25, -0.2) is 13.6 Å². The van der Waals surface area contributed by atoms with Crippen molar-refractivity contribution >= 4 is 67.3 Å². The van der Waals surface area contributed by atoms with Gasteiger partial charge in [0.05, 0.1) is 15.5 Å². The van der Waals surface area contributed by atoms with E-state index in [1.54, 1.807) is 6.08 Å². The van der Waals surface area contributed by atoms with Crippen LogP contribution in [-0.4, -0.2) is 18.6 Å². The van der Waals surface area contributed by atoms with Gasteiger partial charge in [0, 0.05) is 4.88 Å². The number of nitrogens with two attached hydrogens (primary N) is 1. The first-order chi connectivity index (χ1) is 10.9. The second-order valence-corrected chi connectivity index (χ2v) is 8.79. The molecule has 3 rings (SSSR count). The zero-order valence-electron chi connectivity index (χ0n) is 11.5. The molecule has 2 heterocycles. The summed E-state index contributed by atoms with van der Waals surface area (Å²) in [7, 11) is -3.77. The molecule has 0 radical (unpaired) electrons. The van der Waals surface area contributed by atoms with Gasteiger partial charge in [0.2, 0.25) is 10.0 Å². The number of hydrogen-bond acceptors (Lipinski definition) is 6. The first-order valence-electron chi connectivity index (χ1n) is 6.30. The molecule has 1 fully saturated rings. The highest BCUT2D eigenvalue weighted by atomic mass is 32.2. The number of anilines is 1. The normalized spacial score (nSPS) is 17.3. The Hall–Kier alpha value is -1.52. The lowest BCUT2D eigenvalue weighted by Gasteiger charge is -2.14. The molecule has 1 saturated heterocycles. The predicted octanol–water partition coefficient (Wildman–Crippen LogP) is 2.80. The fourth-order valence-corrected chi connectivity index (χ4v) is 4.52. The Morgan fingerprint density at radius 3 is 2.43 bits per heavy atom. The lowest BCUT2D eigenvalue weighted by atomic mass is 10.3. The summed E-state index contributed by atoms with van der Waals surface area (Å²) < 4.78 is 23.0. The summed E-state index contributed by atoms with van der Waals surface area (Å²) in [6.07, 6.45) is 1.79. The van der Waals surface area contributed by atoms with Crippen molar-refractivity contribution in [2.75, 3.05) is 4.90 Å². The smallest absolute Gasteiger partial charge is 0.268 e. The number of rotatable bonds is 3. The predicted molar refractivity (Wildman–Crippen MR) is 97.8 cm³/mol. The van der Waals surface area contributed by atoms with Crippen molar-refractivity contribution in [2.45, 2.75) is 4.90 Å². The number of primary sulfonamides is 1. The second kappa shape index (κ2) is 6.17. The molecule has 0 atom stereocenters. The number of amides is 1. The Kier molecular flexibility index (Phi) is 4.39. The average molecular weight is 383 g/mol. The Labute approximate surface area is 146 Å². The van der Waals surface area contributed by atoms with Gasteiger partial charge in [-0.05, 0) is 41.8 Å². The maximum Gasteiger partial charge on any atom is 0.270 e. The first kappa shape index (κ1) is 16.3. The van der Waals surface area contributed by atoms with Crippen LogP contribution in [0.3, 0.4) is 0 Å². The third-order valence-corrected chi connectivity index (χ3v) is 6.08. The van der Waals surface area contributed by atoms with Crippen molar-refractivity contribution in [3.05, 3.63) is 51.6 Å². The molecule has 23 heavy (non-hydrogen) atoms. The van der Waals surface area contributed by atoms with E-state index in [1.165, 1.54) is 52.3 Å². The molecule has 118 valence electrons. The van der Waals surface area contributed by atoms with Crippen LogP contribution < -0.4 is 10.0 Å². The van der Waals surface area contributed by atoms with Crippen molar-refractivity contribution < 1.29 is 13.2 Å². The van der Waals surface area contributed by atoms with Gasteiger partial charge in [0.15, 0.2) is 4.32 Å². The van der Waals surface area contributed by atoms with E-state index in [4.69, 9.17) is 17.4 Å². The van der Waals surface area contributed by atoms with Crippen LogP contribution in [0.2, 0.25) is 0 Å². The summed E-state index contributed by atoms with van der Waals surface area (Å²) in [5, 5.41) is 7.00. The summed E-state index contributed by atoms with van der Waals surface area (Å²) in [4.78, 5) is 15.4. The third kappa shape index (κ3) is 3.38. The van der Waals surface area contributed by atoms with Gasteiger partial charge in [0.1, 0.15) is 0 Å². The summed E-state index contributed by atoms with van der Waals surface area (Å²) in [6.45, 7) is 0. The van der Waals surface area contributed by atoms with Gasteiger partial charge in [-0.3, -0.25) is 9.69 Å². The molecule has 9 heteroatoms. The van der Waals surface area contributed by atoms with E-state index in [1.807, 2.05) is 17.5 Å². The zero-order valence-corrected chi connectivity index (χ0v) is 14.8. The molecule has 0 unspecified atom stereocenters. The van der Waals surface area contributed by atoms with Crippen LogP contribution in [0.5, 0.6) is 0 Å². The number of sulfonamides is 1. The van der Waals surface area contributed by atoms with Gasteiger partial charge < -0.3 is 0 Å². The van der Waals surface area contributed by atoms with Crippen molar-refractivity contribution in [1.82, 2.24) is 0 Å². The molecule has 1 aliphatic rings. The molecule has 2 aromatic rings. The van der Waals surface area contributed by atoms with E-state index in [2.05, 4.69) is 0 Å². The van der Waals surface area contributed by atoms with Crippen molar-refractivity contribution in [2.24, 2.45) is 5.14 Å². The summed E-state index contributed by atoms with van der Waals surface area (Å²) in [6, 6.07) is 9.55. The minimum atomic E-state index is -3.77. The summed E-state index contributed by atoms with van der Waals surface area (Å²) in [5.74, 6) is -0.225. The van der Waals surface area contributed by atoms with Gasteiger partial charge in [0.25, 0.3) is 5.91 Å². The highest BCUT2D eigenvalue weighted by Crippen LogP contribution is 2.36. The van der Waals surface area contributed by atoms with E-state index < -0.39 is 10.0 Å². The largest absolute Gasteiger partial charge is 0.270 e. The molecular weight excluding hydrogens is 372 g/mol. The van der Waals surface area contributed by atoms with Crippen molar-refractivity contribution in [3.8, 4) is 0 Å².